The molecule has 122 valence electrons. The summed E-state index contributed by atoms with van der Waals surface area (Å²) in [5.41, 5.74) is 7.60. The van der Waals surface area contributed by atoms with E-state index < -0.39 is 18.1 Å². The fourth-order valence-electron chi connectivity index (χ4n) is 2.90. The first kappa shape index (κ1) is 15.6. The van der Waals surface area contributed by atoms with Crippen molar-refractivity contribution in [3.8, 4) is 0 Å². The van der Waals surface area contributed by atoms with E-state index in [1.54, 1.807) is 4.90 Å². The van der Waals surface area contributed by atoms with Crippen molar-refractivity contribution in [3.05, 3.63) is 47.1 Å². The molecule has 0 saturated carbocycles. The van der Waals surface area contributed by atoms with Crippen LogP contribution in [0.4, 0.5) is 4.39 Å². The third kappa shape index (κ3) is 3.56. The number of hydrogen-bond acceptors (Lipinski definition) is 5. The zero-order valence-electron chi connectivity index (χ0n) is 12.9. The number of alkyl halides is 1. The second-order valence-corrected chi connectivity index (χ2v) is 5.89. The first-order valence-electron chi connectivity index (χ1n) is 7.56. The zero-order valence-corrected chi connectivity index (χ0v) is 12.9. The van der Waals surface area contributed by atoms with Gasteiger partial charge in [-0.2, -0.15) is 4.98 Å². The van der Waals surface area contributed by atoms with Gasteiger partial charge in [-0.15, -0.1) is 0 Å². The highest BCUT2D eigenvalue weighted by Crippen LogP contribution is 2.22. The fraction of sp³-hybridized carbons (Fsp3) is 0.438. The Labute approximate surface area is 133 Å². The Balaban J connectivity index is 1.68. The lowest BCUT2D eigenvalue weighted by Gasteiger charge is -2.18. The van der Waals surface area contributed by atoms with E-state index in [4.69, 9.17) is 10.3 Å². The Morgan fingerprint density at radius 2 is 2.26 bits per heavy atom. The van der Waals surface area contributed by atoms with Gasteiger partial charge in [0, 0.05) is 19.4 Å². The number of likely N-dealkylation sites (tertiary alicyclic amines) is 1. The van der Waals surface area contributed by atoms with Crippen LogP contribution in [0.25, 0.3) is 0 Å². The molecule has 0 aliphatic carbocycles. The summed E-state index contributed by atoms with van der Waals surface area (Å²) in [7, 11) is 0. The Morgan fingerprint density at radius 1 is 1.48 bits per heavy atom. The molecule has 1 fully saturated rings. The number of aryl methyl sites for hydroxylation is 1. The summed E-state index contributed by atoms with van der Waals surface area (Å²) < 4.78 is 18.7. The number of benzene rings is 1. The van der Waals surface area contributed by atoms with Crippen LogP contribution in [0.2, 0.25) is 0 Å². The molecule has 2 atom stereocenters. The van der Waals surface area contributed by atoms with Gasteiger partial charge in [0.25, 0.3) is 0 Å². The average Bonchev–Trinajstić information content (AvgIpc) is 3.08. The van der Waals surface area contributed by atoms with Gasteiger partial charge < -0.3 is 10.3 Å². The van der Waals surface area contributed by atoms with E-state index >= 15 is 0 Å². The molecule has 1 saturated heterocycles. The maximum atomic E-state index is 13.5. The van der Waals surface area contributed by atoms with E-state index in [0.717, 1.165) is 11.1 Å². The molecular weight excluding hydrogens is 299 g/mol. The summed E-state index contributed by atoms with van der Waals surface area (Å²) in [5, 5.41) is 3.96. The topological polar surface area (TPSA) is 85.3 Å². The third-order valence-corrected chi connectivity index (χ3v) is 4.14. The van der Waals surface area contributed by atoms with Crippen molar-refractivity contribution in [1.29, 1.82) is 0 Å². The fourth-order valence-corrected chi connectivity index (χ4v) is 2.90. The van der Waals surface area contributed by atoms with Gasteiger partial charge in [-0.05, 0) is 18.1 Å². The Bertz CT molecular complexity index is 703. The predicted molar refractivity (Wildman–Crippen MR) is 81.2 cm³/mol. The Hall–Kier alpha value is -2.28. The summed E-state index contributed by atoms with van der Waals surface area (Å²) in [4.78, 5) is 17.4. The van der Waals surface area contributed by atoms with Crippen LogP contribution in [-0.4, -0.2) is 39.7 Å². The molecule has 0 radical (unpaired) electrons. The van der Waals surface area contributed by atoms with Crippen LogP contribution < -0.4 is 5.73 Å². The van der Waals surface area contributed by atoms with Gasteiger partial charge in [0.2, 0.25) is 11.8 Å². The van der Waals surface area contributed by atoms with E-state index in [1.807, 2.05) is 31.2 Å². The third-order valence-electron chi connectivity index (χ3n) is 4.14. The summed E-state index contributed by atoms with van der Waals surface area (Å²) in [6.07, 6.45) is -0.359. The lowest BCUT2D eigenvalue weighted by molar-refractivity contribution is -0.122. The number of hydrogen-bond donors (Lipinski definition) is 1. The largest absolute Gasteiger partial charge is 0.368 e. The van der Waals surface area contributed by atoms with Crippen LogP contribution in [0.5, 0.6) is 0 Å². The second-order valence-electron chi connectivity index (χ2n) is 5.89. The second kappa shape index (κ2) is 6.45. The monoisotopic (exact) mass is 318 g/mol. The summed E-state index contributed by atoms with van der Waals surface area (Å²) >= 11 is 0. The number of nitrogens with zero attached hydrogens (tertiary/aromatic N) is 3. The summed E-state index contributed by atoms with van der Waals surface area (Å²) in [6.45, 7) is 2.41. The number of carbonyl (C=O) groups excluding carboxylic acids is 1. The molecule has 2 heterocycles. The molecule has 7 heteroatoms. The summed E-state index contributed by atoms with van der Waals surface area (Å²) in [5.74, 6) is 0.416. The quantitative estimate of drug-likeness (QED) is 0.900. The van der Waals surface area contributed by atoms with Crippen molar-refractivity contribution in [2.45, 2.75) is 38.5 Å². The van der Waals surface area contributed by atoms with Crippen molar-refractivity contribution in [1.82, 2.24) is 15.0 Å². The molecule has 23 heavy (non-hydrogen) atoms. The van der Waals surface area contributed by atoms with Crippen molar-refractivity contribution < 1.29 is 13.7 Å². The van der Waals surface area contributed by atoms with Gasteiger partial charge in [0.15, 0.2) is 5.82 Å². The number of carbonyl (C=O) groups is 1. The van der Waals surface area contributed by atoms with Crippen LogP contribution in [0, 0.1) is 6.92 Å². The predicted octanol–water partition coefficient (Wildman–Crippen LogP) is 1.37. The van der Waals surface area contributed by atoms with E-state index in [-0.39, 0.29) is 19.5 Å². The maximum absolute atomic E-state index is 13.5. The number of aromatic nitrogens is 2. The van der Waals surface area contributed by atoms with Gasteiger partial charge in [-0.1, -0.05) is 29.4 Å². The molecule has 2 N–H and O–H groups in total. The first-order chi connectivity index (χ1) is 11.0. The Kier molecular flexibility index (Phi) is 4.38. The van der Waals surface area contributed by atoms with Crippen molar-refractivity contribution in [3.63, 3.8) is 0 Å². The van der Waals surface area contributed by atoms with E-state index in [0.29, 0.717) is 18.1 Å². The standard InChI is InChI=1S/C16H19FN4O2/c1-10-4-2-3-5-11(10)6-14-19-15(23-20-14)9-21-8-12(17)7-13(21)16(18)22/h2-5,12-13H,6-9H2,1H3,(H2,18,22)/t12-,13+/m1/s1. The lowest BCUT2D eigenvalue weighted by Crippen LogP contribution is -2.39. The van der Waals surface area contributed by atoms with Crippen LogP contribution in [0.3, 0.4) is 0 Å². The van der Waals surface area contributed by atoms with Gasteiger partial charge in [-0.25, -0.2) is 4.39 Å². The minimum absolute atomic E-state index is 0.125. The highest BCUT2D eigenvalue weighted by atomic mass is 19.1. The Morgan fingerprint density at radius 3 is 3.00 bits per heavy atom. The SMILES string of the molecule is Cc1ccccc1Cc1noc(CN2C[C@H](F)C[C@H]2C(N)=O)n1. The van der Waals surface area contributed by atoms with Crippen LogP contribution in [0.15, 0.2) is 28.8 Å². The van der Waals surface area contributed by atoms with Crippen molar-refractivity contribution in [2.75, 3.05) is 6.54 Å². The minimum Gasteiger partial charge on any atom is -0.368 e. The molecule has 0 unspecified atom stereocenters. The van der Waals surface area contributed by atoms with Crippen LogP contribution in [-0.2, 0) is 17.8 Å². The molecule has 6 nitrogen and oxygen atoms in total. The summed E-state index contributed by atoms with van der Waals surface area (Å²) in [6, 6.07) is 7.37. The number of primary amides is 1. The minimum atomic E-state index is -1.05. The zero-order chi connectivity index (χ0) is 16.4. The van der Waals surface area contributed by atoms with E-state index in [9.17, 15) is 9.18 Å². The molecular formula is C16H19FN4O2. The number of halogens is 1. The molecule has 1 aliphatic heterocycles. The van der Waals surface area contributed by atoms with Crippen molar-refractivity contribution in [2.24, 2.45) is 5.73 Å². The highest BCUT2D eigenvalue weighted by molar-refractivity contribution is 5.80. The molecule has 3 rings (SSSR count). The van der Waals surface area contributed by atoms with Gasteiger partial charge in [0.05, 0.1) is 12.6 Å². The highest BCUT2D eigenvalue weighted by Gasteiger charge is 2.36. The van der Waals surface area contributed by atoms with E-state index in [1.165, 1.54) is 0 Å². The molecule has 1 aromatic heterocycles. The number of amides is 1. The molecule has 1 amide bonds. The molecule has 1 aromatic carbocycles. The first-order valence-corrected chi connectivity index (χ1v) is 7.56. The smallest absolute Gasteiger partial charge is 0.240 e. The molecule has 0 spiro atoms. The average molecular weight is 318 g/mol. The van der Waals surface area contributed by atoms with Crippen LogP contribution >= 0.6 is 0 Å². The van der Waals surface area contributed by atoms with Crippen molar-refractivity contribution >= 4 is 5.91 Å². The number of rotatable bonds is 5. The molecule has 1 aliphatic rings. The normalized spacial score (nSPS) is 21.7. The lowest BCUT2D eigenvalue weighted by atomic mass is 10.1. The van der Waals surface area contributed by atoms with Crippen LogP contribution in [0.1, 0.15) is 29.3 Å². The molecule has 2 aromatic rings. The van der Waals surface area contributed by atoms with Gasteiger partial charge in [0.1, 0.15) is 6.17 Å². The molecule has 0 bridgehead atoms. The van der Waals surface area contributed by atoms with Gasteiger partial charge >= 0.3 is 0 Å². The number of nitrogens with two attached hydrogens (primary N) is 1. The van der Waals surface area contributed by atoms with Gasteiger partial charge in [-0.3, -0.25) is 9.69 Å². The maximum Gasteiger partial charge on any atom is 0.240 e. The van der Waals surface area contributed by atoms with E-state index in [2.05, 4.69) is 10.1 Å².